The Balaban J connectivity index is 4.23. The second-order valence-electron chi connectivity index (χ2n) is 2.33. The van der Waals surface area contributed by atoms with E-state index in [1.807, 2.05) is 0 Å². The molecule has 0 aliphatic carbocycles. The number of carbonyl (C=O) groups is 1. The third-order valence-corrected chi connectivity index (χ3v) is 2.74. The summed E-state index contributed by atoms with van der Waals surface area (Å²) in [5, 5.41) is 17.4. The van der Waals surface area contributed by atoms with Crippen LogP contribution in [0.3, 0.4) is 0 Å². The highest BCUT2D eigenvalue weighted by molar-refractivity contribution is 7.99. The quantitative estimate of drug-likeness (QED) is 0.640. The number of aliphatic carboxylic acids is 1. The van der Waals surface area contributed by atoms with Gasteiger partial charge in [-0.05, 0) is 20.1 Å². The van der Waals surface area contributed by atoms with E-state index in [2.05, 4.69) is 0 Å². The molecule has 0 aliphatic rings. The van der Waals surface area contributed by atoms with E-state index < -0.39 is 11.6 Å². The normalized spacial score (nSPS) is 19.6. The molecule has 0 saturated heterocycles. The molecule has 2 unspecified atom stereocenters. The molecule has 0 saturated carbocycles. The van der Waals surface area contributed by atoms with Crippen molar-refractivity contribution < 1.29 is 15.0 Å². The van der Waals surface area contributed by atoms with E-state index in [0.717, 1.165) is 0 Å². The lowest BCUT2D eigenvalue weighted by Gasteiger charge is -2.23. The van der Waals surface area contributed by atoms with Gasteiger partial charge in [0.1, 0.15) is 0 Å². The van der Waals surface area contributed by atoms with Crippen LogP contribution in [0, 0.1) is 0 Å². The van der Waals surface area contributed by atoms with Gasteiger partial charge in [0, 0.05) is 5.25 Å². The topological polar surface area (TPSA) is 57.5 Å². The van der Waals surface area contributed by atoms with Gasteiger partial charge in [-0.25, -0.2) is 4.79 Å². The van der Waals surface area contributed by atoms with Gasteiger partial charge in [0.25, 0.3) is 0 Å². The molecule has 0 aromatic carbocycles. The molecule has 0 amide bonds. The van der Waals surface area contributed by atoms with E-state index in [1.54, 1.807) is 13.2 Å². The number of hydrogen-bond donors (Lipinski definition) is 2. The third kappa shape index (κ3) is 1.88. The van der Waals surface area contributed by atoms with Gasteiger partial charge >= 0.3 is 5.97 Å². The first-order valence-corrected chi connectivity index (χ1v) is 4.20. The summed E-state index contributed by atoms with van der Waals surface area (Å²) in [5.41, 5.74) is -1.61. The fourth-order valence-electron chi connectivity index (χ4n) is 0.403. The first-order valence-electron chi connectivity index (χ1n) is 2.91. The van der Waals surface area contributed by atoms with Gasteiger partial charge in [-0.15, -0.1) is 0 Å². The van der Waals surface area contributed by atoms with Crippen LogP contribution in [0.1, 0.15) is 13.8 Å². The number of aliphatic hydroxyl groups is 1. The zero-order valence-electron chi connectivity index (χ0n) is 6.29. The van der Waals surface area contributed by atoms with Crippen molar-refractivity contribution in [2.24, 2.45) is 0 Å². The van der Waals surface area contributed by atoms with Crippen LogP contribution in [-0.4, -0.2) is 33.3 Å². The molecule has 0 aromatic heterocycles. The Labute approximate surface area is 64.4 Å². The molecule has 0 aromatic rings. The average Bonchev–Trinajstić information content (AvgIpc) is 1.86. The molecule has 4 heteroatoms. The van der Waals surface area contributed by atoms with Crippen molar-refractivity contribution in [3.8, 4) is 0 Å². The van der Waals surface area contributed by atoms with Crippen LogP contribution >= 0.6 is 11.8 Å². The summed E-state index contributed by atoms with van der Waals surface area (Å²) in [6.07, 6.45) is 1.77. The molecule has 0 bridgehead atoms. The van der Waals surface area contributed by atoms with Crippen molar-refractivity contribution in [3.05, 3.63) is 0 Å². The molecule has 0 spiro atoms. The van der Waals surface area contributed by atoms with Crippen LogP contribution in [0.5, 0.6) is 0 Å². The first kappa shape index (κ1) is 9.78. The van der Waals surface area contributed by atoms with Crippen LogP contribution in [0.2, 0.25) is 0 Å². The van der Waals surface area contributed by atoms with Gasteiger partial charge < -0.3 is 10.2 Å². The van der Waals surface area contributed by atoms with Gasteiger partial charge in [0.05, 0.1) is 0 Å². The van der Waals surface area contributed by atoms with Crippen molar-refractivity contribution in [2.75, 3.05) is 6.26 Å². The second kappa shape index (κ2) is 3.25. The van der Waals surface area contributed by atoms with Gasteiger partial charge in [-0.1, -0.05) is 0 Å². The smallest absolute Gasteiger partial charge is 0.336 e. The van der Waals surface area contributed by atoms with Gasteiger partial charge in [-0.2, -0.15) is 11.8 Å². The number of carboxylic acid groups (broad SMARTS) is 1. The summed E-state index contributed by atoms with van der Waals surface area (Å²) in [4.78, 5) is 10.4. The predicted octanol–water partition coefficient (Wildman–Crippen LogP) is 0.573. The van der Waals surface area contributed by atoms with Gasteiger partial charge in [0.15, 0.2) is 5.60 Å². The predicted molar refractivity (Wildman–Crippen MR) is 41.2 cm³/mol. The molecule has 0 rings (SSSR count). The molecular weight excluding hydrogens is 152 g/mol. The van der Waals surface area contributed by atoms with E-state index in [-0.39, 0.29) is 5.25 Å². The van der Waals surface area contributed by atoms with E-state index in [4.69, 9.17) is 5.11 Å². The lowest BCUT2D eigenvalue weighted by atomic mass is 10.0. The van der Waals surface area contributed by atoms with Crippen molar-refractivity contribution in [3.63, 3.8) is 0 Å². The first-order chi connectivity index (χ1) is 4.42. The summed E-state index contributed by atoms with van der Waals surface area (Å²) in [6.45, 7) is 2.98. The highest BCUT2D eigenvalue weighted by Gasteiger charge is 2.35. The van der Waals surface area contributed by atoms with E-state index in [9.17, 15) is 9.90 Å². The van der Waals surface area contributed by atoms with Gasteiger partial charge in [-0.3, -0.25) is 0 Å². The SMILES string of the molecule is CSC(C)C(C)(O)C(=O)O. The minimum Gasteiger partial charge on any atom is -0.479 e. The third-order valence-electron chi connectivity index (χ3n) is 1.58. The molecule has 60 valence electrons. The Morgan fingerprint density at radius 3 is 2.20 bits per heavy atom. The van der Waals surface area contributed by atoms with Gasteiger partial charge in [0.2, 0.25) is 0 Å². The molecular formula is C6H12O3S. The second-order valence-corrected chi connectivity index (χ2v) is 3.51. The lowest BCUT2D eigenvalue weighted by molar-refractivity contribution is -0.156. The molecule has 0 radical (unpaired) electrons. The number of rotatable bonds is 3. The standard InChI is InChI=1S/C6H12O3S/c1-4(10-3)6(2,9)5(7)8/h4,9H,1-3H3,(H,7,8). The van der Waals surface area contributed by atoms with E-state index in [1.165, 1.54) is 18.7 Å². The molecule has 0 heterocycles. The maximum absolute atomic E-state index is 10.4. The number of carboxylic acids is 1. The van der Waals surface area contributed by atoms with Crippen molar-refractivity contribution >= 4 is 17.7 Å². The molecule has 2 N–H and O–H groups in total. The zero-order valence-corrected chi connectivity index (χ0v) is 7.10. The van der Waals surface area contributed by atoms with E-state index >= 15 is 0 Å². The Kier molecular flexibility index (Phi) is 3.18. The molecule has 3 nitrogen and oxygen atoms in total. The maximum atomic E-state index is 10.4. The minimum atomic E-state index is -1.61. The molecule has 0 fully saturated rings. The Hall–Kier alpha value is -0.220. The van der Waals surface area contributed by atoms with Crippen LogP contribution < -0.4 is 0 Å². The van der Waals surface area contributed by atoms with E-state index in [0.29, 0.717) is 0 Å². The average molecular weight is 164 g/mol. The summed E-state index contributed by atoms with van der Waals surface area (Å²) in [6, 6.07) is 0. The minimum absolute atomic E-state index is 0.287. The van der Waals surface area contributed by atoms with Crippen LogP contribution in [0.25, 0.3) is 0 Å². The highest BCUT2D eigenvalue weighted by Crippen LogP contribution is 2.20. The van der Waals surface area contributed by atoms with Crippen molar-refractivity contribution in [2.45, 2.75) is 24.7 Å². The van der Waals surface area contributed by atoms with Crippen molar-refractivity contribution in [1.29, 1.82) is 0 Å². The monoisotopic (exact) mass is 164 g/mol. The van der Waals surface area contributed by atoms with Crippen LogP contribution in [0.15, 0.2) is 0 Å². The Morgan fingerprint density at radius 1 is 1.70 bits per heavy atom. The summed E-state index contributed by atoms with van der Waals surface area (Å²) in [7, 11) is 0. The summed E-state index contributed by atoms with van der Waals surface area (Å²) >= 11 is 1.33. The highest BCUT2D eigenvalue weighted by atomic mass is 32.2. The molecule has 2 atom stereocenters. The van der Waals surface area contributed by atoms with Crippen molar-refractivity contribution in [1.82, 2.24) is 0 Å². The largest absolute Gasteiger partial charge is 0.479 e. The Bertz CT molecular complexity index is 133. The summed E-state index contributed by atoms with van der Waals surface area (Å²) in [5.74, 6) is -1.17. The number of thioether (sulfide) groups is 1. The Morgan fingerprint density at radius 2 is 2.10 bits per heavy atom. The van der Waals surface area contributed by atoms with Crippen LogP contribution in [0.4, 0.5) is 0 Å². The molecule has 10 heavy (non-hydrogen) atoms. The summed E-state index contributed by atoms with van der Waals surface area (Å²) < 4.78 is 0. The fraction of sp³-hybridized carbons (Fsp3) is 0.833. The fourth-order valence-corrected chi connectivity index (χ4v) is 0.963. The number of hydrogen-bond acceptors (Lipinski definition) is 3. The zero-order chi connectivity index (χ0) is 8.36. The lowest BCUT2D eigenvalue weighted by Crippen LogP contribution is -2.43. The van der Waals surface area contributed by atoms with Crippen LogP contribution in [-0.2, 0) is 4.79 Å². The maximum Gasteiger partial charge on any atom is 0.336 e. The molecule has 0 aliphatic heterocycles.